The lowest BCUT2D eigenvalue weighted by atomic mass is 9.87. The summed E-state index contributed by atoms with van der Waals surface area (Å²) >= 11 is 0. The Balaban J connectivity index is 0.00000561. The predicted octanol–water partition coefficient (Wildman–Crippen LogP) is 6.11. The molecule has 4 aromatic carbocycles. The summed E-state index contributed by atoms with van der Waals surface area (Å²) in [5, 5.41) is 36.8. The fraction of sp³-hybridized carbons (Fsp3) is 0.460. The molecular weight excluding hydrogens is 865 g/mol. The van der Waals surface area contributed by atoms with E-state index < -0.39 is 42.0 Å². The van der Waals surface area contributed by atoms with Crippen molar-refractivity contribution >= 4 is 70.0 Å². The van der Waals surface area contributed by atoms with Crippen LogP contribution in [-0.2, 0) is 38.4 Å². The Kier molecular flexibility index (Phi) is 22.9. The minimum atomic E-state index is -1.29. The number of carbonyl (C=O) groups is 4. The van der Waals surface area contributed by atoms with Crippen molar-refractivity contribution in [1.29, 1.82) is 0 Å². The third kappa shape index (κ3) is 17.0. The molecule has 0 spiro atoms. The van der Waals surface area contributed by atoms with Crippen molar-refractivity contribution in [3.63, 3.8) is 0 Å². The number of amides is 4. The molecule has 5 atom stereocenters. The largest absolute Gasteiger partial charge is 0.395 e. The molecule has 354 valence electrons. The molecule has 5 aromatic rings. The number of carbonyl (C=O) groups excluding carboxylic acids is 4. The third-order valence-electron chi connectivity index (χ3n) is 11.5. The molecule has 0 saturated heterocycles. The van der Waals surface area contributed by atoms with E-state index in [9.17, 15) is 24.3 Å². The molecule has 0 aliphatic rings. The zero-order valence-corrected chi connectivity index (χ0v) is 39.6. The average molecular weight is 935 g/mol. The normalized spacial score (nSPS) is 13.6. The molecule has 1 heterocycles. The van der Waals surface area contributed by atoms with Crippen LogP contribution < -0.4 is 27.0 Å². The zero-order valence-electron chi connectivity index (χ0n) is 38.0. The summed E-state index contributed by atoms with van der Waals surface area (Å²) < 4.78 is 0. The number of hydrogen-bond acceptors (Lipinski definition) is 8. The van der Waals surface area contributed by atoms with E-state index in [1.165, 1.54) is 6.33 Å². The Morgan fingerprint density at radius 1 is 0.692 bits per heavy atom. The first kappa shape index (κ1) is 54.3. The van der Waals surface area contributed by atoms with Crippen LogP contribution in [0.15, 0.2) is 97.5 Å². The van der Waals surface area contributed by atoms with E-state index in [4.69, 9.17) is 10.8 Å². The van der Waals surface area contributed by atoms with Crippen LogP contribution in [0.4, 0.5) is 0 Å². The Labute approximate surface area is 395 Å². The van der Waals surface area contributed by atoms with Gasteiger partial charge in [-0.25, -0.2) is 4.98 Å². The van der Waals surface area contributed by atoms with Crippen molar-refractivity contribution in [2.24, 2.45) is 23.5 Å². The molecule has 65 heavy (non-hydrogen) atoms. The van der Waals surface area contributed by atoms with E-state index in [1.807, 2.05) is 76.2 Å². The standard InChI is InChI=1S/C50H67N7O6.2ClH/c1-32(2)23-43(46(59)28-47(60)55-44(24-33(3)4)49(62)53-22-10-9-19-39(51)30-58)56-50(63)45(27-40-29-52-31-54-40)57-48(61)38(25-36-17-11-15-34-13-5-7-20-41(34)36)26-37-18-12-16-35-14-6-8-21-42(35)37;;/h5-8,11-18,20-21,29,31-33,38-39,43-46,58-59H,9-10,19,22-28,30,51H2,1-4H3,(H,52,54)(H,53,62)(H,55,60)(H,56,63)(H,57,61);2*1H/t39-,43?,44-,45?,46-;;/m0../s1. The van der Waals surface area contributed by atoms with Crippen LogP contribution in [-0.4, -0.2) is 87.2 Å². The van der Waals surface area contributed by atoms with Crippen LogP contribution in [0.2, 0.25) is 0 Å². The minimum absolute atomic E-state index is 0. The first-order valence-corrected chi connectivity index (χ1v) is 22.4. The number of unbranched alkanes of at least 4 members (excludes halogenated alkanes) is 1. The van der Waals surface area contributed by atoms with Gasteiger partial charge in [0.25, 0.3) is 0 Å². The highest BCUT2D eigenvalue weighted by atomic mass is 35.5. The van der Waals surface area contributed by atoms with Crippen LogP contribution in [0.3, 0.4) is 0 Å². The van der Waals surface area contributed by atoms with E-state index in [2.05, 4.69) is 67.6 Å². The van der Waals surface area contributed by atoms with Crippen molar-refractivity contribution < 1.29 is 29.4 Å². The Hall–Kier alpha value is -5.05. The van der Waals surface area contributed by atoms with Gasteiger partial charge in [0.1, 0.15) is 12.1 Å². The molecule has 4 amide bonds. The lowest BCUT2D eigenvalue weighted by Crippen LogP contribution is -2.55. The number of aliphatic hydroxyl groups excluding tert-OH is 2. The smallest absolute Gasteiger partial charge is 0.243 e. The van der Waals surface area contributed by atoms with Gasteiger partial charge in [0, 0.05) is 36.8 Å². The summed E-state index contributed by atoms with van der Waals surface area (Å²) in [4.78, 5) is 63.0. The first-order valence-electron chi connectivity index (χ1n) is 22.4. The Bertz CT molecular complexity index is 2150. The molecule has 2 unspecified atom stereocenters. The lowest BCUT2D eigenvalue weighted by Gasteiger charge is -2.29. The minimum Gasteiger partial charge on any atom is -0.395 e. The summed E-state index contributed by atoms with van der Waals surface area (Å²) in [6.07, 6.45) is 5.24. The van der Waals surface area contributed by atoms with E-state index in [1.54, 1.807) is 6.20 Å². The number of nitrogens with two attached hydrogens (primary N) is 1. The SMILES string of the molecule is CC(C)CC(NC(=O)C(Cc1cnc[nH]1)NC(=O)C(Cc1cccc2ccccc12)Cc1cccc2ccccc12)[C@@H](O)CC(=O)N[C@@H](CC(C)C)C(=O)NCCCC[C@H](N)CO.Cl.Cl. The number of H-pyrrole nitrogens is 1. The molecule has 0 bridgehead atoms. The fourth-order valence-electron chi connectivity index (χ4n) is 8.19. The predicted molar refractivity (Wildman–Crippen MR) is 263 cm³/mol. The monoisotopic (exact) mass is 933 g/mol. The maximum Gasteiger partial charge on any atom is 0.243 e. The number of aromatic nitrogens is 2. The van der Waals surface area contributed by atoms with Gasteiger partial charge in [-0.3, -0.25) is 19.2 Å². The van der Waals surface area contributed by atoms with Crippen LogP contribution in [0, 0.1) is 17.8 Å². The molecular formula is C50H69Cl2N7O6. The van der Waals surface area contributed by atoms with Gasteiger partial charge in [0.15, 0.2) is 0 Å². The third-order valence-corrected chi connectivity index (χ3v) is 11.5. The van der Waals surface area contributed by atoms with Gasteiger partial charge in [0.05, 0.1) is 31.5 Å². The fourth-order valence-corrected chi connectivity index (χ4v) is 8.19. The van der Waals surface area contributed by atoms with Crippen LogP contribution in [0.1, 0.15) is 83.0 Å². The number of hydrogen-bond donors (Lipinski definition) is 8. The number of aromatic amines is 1. The summed E-state index contributed by atoms with van der Waals surface area (Å²) in [7, 11) is 0. The van der Waals surface area contributed by atoms with Crippen molar-refractivity contribution in [2.45, 2.75) is 116 Å². The number of nitrogens with zero attached hydrogens (tertiary/aromatic N) is 1. The summed E-state index contributed by atoms with van der Waals surface area (Å²) in [5.74, 6) is -2.06. The van der Waals surface area contributed by atoms with Gasteiger partial charge in [0.2, 0.25) is 23.6 Å². The second-order valence-corrected chi connectivity index (χ2v) is 17.7. The van der Waals surface area contributed by atoms with Crippen molar-refractivity contribution in [1.82, 2.24) is 31.2 Å². The van der Waals surface area contributed by atoms with Crippen molar-refractivity contribution in [2.75, 3.05) is 13.2 Å². The van der Waals surface area contributed by atoms with Gasteiger partial charge in [-0.1, -0.05) is 119 Å². The van der Waals surface area contributed by atoms with Crippen molar-refractivity contribution in [3.8, 4) is 0 Å². The number of halogens is 2. The van der Waals surface area contributed by atoms with Crippen LogP contribution in [0.25, 0.3) is 21.5 Å². The first-order chi connectivity index (χ1) is 30.3. The average Bonchev–Trinajstić information content (AvgIpc) is 3.78. The molecule has 0 aliphatic carbocycles. The molecule has 13 nitrogen and oxygen atoms in total. The second-order valence-electron chi connectivity index (χ2n) is 17.7. The van der Waals surface area contributed by atoms with E-state index >= 15 is 0 Å². The highest BCUT2D eigenvalue weighted by Gasteiger charge is 2.32. The molecule has 15 heteroatoms. The number of fused-ring (bicyclic) bond motifs is 2. The van der Waals surface area contributed by atoms with Crippen LogP contribution in [0.5, 0.6) is 0 Å². The van der Waals surface area contributed by atoms with E-state index in [0.29, 0.717) is 50.8 Å². The molecule has 1 aromatic heterocycles. The quantitative estimate of drug-likeness (QED) is 0.0320. The maximum atomic E-state index is 14.7. The maximum absolute atomic E-state index is 14.7. The second kappa shape index (κ2) is 27.4. The highest BCUT2D eigenvalue weighted by molar-refractivity contribution is 5.92. The van der Waals surface area contributed by atoms with Crippen molar-refractivity contribution in [3.05, 3.63) is 114 Å². The summed E-state index contributed by atoms with van der Waals surface area (Å²) in [5.41, 5.74) is 8.47. The molecule has 9 N–H and O–H groups in total. The summed E-state index contributed by atoms with van der Waals surface area (Å²) in [6.45, 7) is 8.14. The number of benzene rings is 4. The Morgan fingerprint density at radius 3 is 1.83 bits per heavy atom. The van der Waals surface area contributed by atoms with Gasteiger partial charge in [-0.05, 0) is 83.0 Å². The number of nitrogens with one attached hydrogen (secondary N) is 5. The molecule has 5 rings (SSSR count). The molecule has 0 saturated carbocycles. The number of aliphatic hydroxyl groups is 2. The number of imidazole rings is 1. The topological polar surface area (TPSA) is 212 Å². The highest BCUT2D eigenvalue weighted by Crippen LogP contribution is 2.27. The van der Waals surface area contributed by atoms with E-state index in [0.717, 1.165) is 39.1 Å². The van der Waals surface area contributed by atoms with Gasteiger partial charge < -0.3 is 42.2 Å². The van der Waals surface area contributed by atoms with Gasteiger partial charge in [-0.15, -0.1) is 24.8 Å². The van der Waals surface area contributed by atoms with E-state index in [-0.39, 0.29) is 74.0 Å². The zero-order chi connectivity index (χ0) is 45.3. The van der Waals surface area contributed by atoms with Crippen LogP contribution >= 0.6 is 24.8 Å². The molecule has 0 fully saturated rings. The Morgan fingerprint density at radius 2 is 1.28 bits per heavy atom. The van der Waals surface area contributed by atoms with Gasteiger partial charge in [-0.2, -0.15) is 0 Å². The summed E-state index contributed by atoms with van der Waals surface area (Å²) in [6, 6.07) is 25.4. The number of rotatable bonds is 25. The van der Waals surface area contributed by atoms with Gasteiger partial charge >= 0.3 is 0 Å². The lowest BCUT2D eigenvalue weighted by molar-refractivity contribution is -0.133. The molecule has 0 aliphatic heterocycles. The molecule has 0 radical (unpaired) electrons.